The number of rotatable bonds is 0. The zero-order valence-electron chi connectivity index (χ0n) is 7.48. The molecule has 2 unspecified atom stereocenters. The van der Waals surface area contributed by atoms with Crippen molar-refractivity contribution in [1.82, 2.24) is 0 Å². The first-order chi connectivity index (χ1) is 4.51. The van der Waals surface area contributed by atoms with Crippen molar-refractivity contribution in [1.29, 1.82) is 0 Å². The van der Waals surface area contributed by atoms with E-state index in [2.05, 4.69) is 27.7 Å². The lowest BCUT2D eigenvalue weighted by atomic mass is 9.83. The van der Waals surface area contributed by atoms with Crippen LogP contribution in [-0.2, 0) is 4.74 Å². The van der Waals surface area contributed by atoms with Gasteiger partial charge in [-0.25, -0.2) is 0 Å². The molecule has 0 aromatic rings. The summed E-state index contributed by atoms with van der Waals surface area (Å²) < 4.78 is 5.65. The van der Waals surface area contributed by atoms with Gasteiger partial charge in [0.05, 0.1) is 12.2 Å². The summed E-state index contributed by atoms with van der Waals surface area (Å²) in [5, 5.41) is 0. The first-order valence-corrected chi connectivity index (χ1v) is 4.15. The molecule has 0 aromatic heterocycles. The van der Waals surface area contributed by atoms with Crippen molar-refractivity contribution in [3.05, 3.63) is 0 Å². The fourth-order valence-electron chi connectivity index (χ4n) is 1.56. The molecule has 0 aliphatic carbocycles. The monoisotopic (exact) mass is 142 g/mol. The molecule has 0 spiro atoms. The van der Waals surface area contributed by atoms with E-state index in [1.807, 2.05) is 0 Å². The van der Waals surface area contributed by atoms with E-state index < -0.39 is 0 Å². The smallest absolute Gasteiger partial charge is 0.0629 e. The van der Waals surface area contributed by atoms with Gasteiger partial charge in [-0.2, -0.15) is 0 Å². The van der Waals surface area contributed by atoms with E-state index in [9.17, 15) is 0 Å². The van der Waals surface area contributed by atoms with Gasteiger partial charge in [-0.05, 0) is 32.1 Å². The van der Waals surface area contributed by atoms with Crippen molar-refractivity contribution < 1.29 is 4.74 Å². The van der Waals surface area contributed by atoms with Gasteiger partial charge < -0.3 is 4.74 Å². The molecule has 0 N–H and O–H groups in total. The summed E-state index contributed by atoms with van der Waals surface area (Å²) in [6.07, 6.45) is 1.20. The summed E-state index contributed by atoms with van der Waals surface area (Å²) >= 11 is 0. The Balaban J connectivity index is 2.49. The average Bonchev–Trinajstić information content (AvgIpc) is 1.79. The van der Waals surface area contributed by atoms with Gasteiger partial charge >= 0.3 is 0 Å². The van der Waals surface area contributed by atoms with Crippen LogP contribution in [0.15, 0.2) is 0 Å². The number of hydrogen-bond donors (Lipinski definition) is 0. The zero-order valence-corrected chi connectivity index (χ0v) is 7.48. The van der Waals surface area contributed by atoms with Gasteiger partial charge in [0.2, 0.25) is 0 Å². The van der Waals surface area contributed by atoms with Crippen molar-refractivity contribution in [2.75, 3.05) is 6.61 Å². The van der Waals surface area contributed by atoms with Gasteiger partial charge in [-0.1, -0.05) is 13.8 Å². The highest BCUT2D eigenvalue weighted by Crippen LogP contribution is 2.31. The van der Waals surface area contributed by atoms with Crippen molar-refractivity contribution in [3.63, 3.8) is 0 Å². The van der Waals surface area contributed by atoms with Crippen LogP contribution in [0.5, 0.6) is 0 Å². The molecule has 1 fully saturated rings. The molecule has 1 saturated heterocycles. The van der Waals surface area contributed by atoms with Crippen LogP contribution in [0.4, 0.5) is 0 Å². The summed E-state index contributed by atoms with van der Waals surface area (Å²) in [5.74, 6) is 1.57. The molecule has 2 atom stereocenters. The van der Waals surface area contributed by atoms with E-state index >= 15 is 0 Å². The Morgan fingerprint density at radius 2 is 1.80 bits per heavy atom. The SMILES string of the molecule is CC1COC(C)(C)CC1C. The van der Waals surface area contributed by atoms with Crippen LogP contribution in [0.25, 0.3) is 0 Å². The predicted molar refractivity (Wildman–Crippen MR) is 43.0 cm³/mol. The lowest BCUT2D eigenvalue weighted by Crippen LogP contribution is -2.37. The molecule has 1 heteroatoms. The van der Waals surface area contributed by atoms with E-state index in [4.69, 9.17) is 4.74 Å². The first-order valence-electron chi connectivity index (χ1n) is 4.15. The minimum Gasteiger partial charge on any atom is -0.375 e. The second kappa shape index (κ2) is 2.54. The van der Waals surface area contributed by atoms with E-state index in [1.165, 1.54) is 6.42 Å². The van der Waals surface area contributed by atoms with Crippen molar-refractivity contribution in [2.24, 2.45) is 11.8 Å². The fourth-order valence-corrected chi connectivity index (χ4v) is 1.56. The maximum absolute atomic E-state index is 5.65. The topological polar surface area (TPSA) is 9.23 Å². The molecule has 1 rings (SSSR count). The van der Waals surface area contributed by atoms with Crippen LogP contribution in [0.2, 0.25) is 0 Å². The Kier molecular flexibility index (Phi) is 2.04. The summed E-state index contributed by atoms with van der Waals surface area (Å²) in [5.41, 5.74) is 0.131. The van der Waals surface area contributed by atoms with Crippen LogP contribution in [0.3, 0.4) is 0 Å². The van der Waals surface area contributed by atoms with Gasteiger partial charge in [0.1, 0.15) is 0 Å². The third-order valence-corrected chi connectivity index (χ3v) is 2.52. The Morgan fingerprint density at radius 3 is 2.20 bits per heavy atom. The summed E-state index contributed by atoms with van der Waals surface area (Å²) in [6, 6.07) is 0. The average molecular weight is 142 g/mol. The third kappa shape index (κ3) is 1.72. The summed E-state index contributed by atoms with van der Waals surface area (Å²) in [4.78, 5) is 0. The highest BCUT2D eigenvalue weighted by Gasteiger charge is 2.30. The Hall–Kier alpha value is -0.0400. The molecule has 1 nitrogen and oxygen atoms in total. The van der Waals surface area contributed by atoms with E-state index in [1.54, 1.807) is 0 Å². The lowest BCUT2D eigenvalue weighted by Gasteiger charge is -2.37. The molecule has 0 radical (unpaired) electrons. The summed E-state index contributed by atoms with van der Waals surface area (Å²) in [6.45, 7) is 9.87. The van der Waals surface area contributed by atoms with Crippen LogP contribution in [-0.4, -0.2) is 12.2 Å². The Bertz CT molecular complexity index is 118. The molecule has 0 saturated carbocycles. The maximum Gasteiger partial charge on any atom is 0.0629 e. The van der Waals surface area contributed by atoms with Crippen LogP contribution in [0, 0.1) is 11.8 Å². The van der Waals surface area contributed by atoms with Gasteiger partial charge in [0, 0.05) is 0 Å². The second-order valence-corrected chi connectivity index (χ2v) is 4.23. The summed E-state index contributed by atoms with van der Waals surface area (Å²) in [7, 11) is 0. The fraction of sp³-hybridized carbons (Fsp3) is 1.00. The zero-order chi connectivity index (χ0) is 7.78. The molecule has 1 aliphatic rings. The molecule has 1 heterocycles. The normalized spacial score (nSPS) is 39.6. The third-order valence-electron chi connectivity index (χ3n) is 2.52. The van der Waals surface area contributed by atoms with E-state index in [0.29, 0.717) is 0 Å². The van der Waals surface area contributed by atoms with Crippen molar-refractivity contribution in [2.45, 2.75) is 39.7 Å². The van der Waals surface area contributed by atoms with Gasteiger partial charge in [-0.15, -0.1) is 0 Å². The Labute approximate surface area is 63.8 Å². The van der Waals surface area contributed by atoms with E-state index in [-0.39, 0.29) is 5.60 Å². The quantitative estimate of drug-likeness (QED) is 0.505. The van der Waals surface area contributed by atoms with Crippen LogP contribution >= 0.6 is 0 Å². The first kappa shape index (κ1) is 8.06. The molecule has 1 aliphatic heterocycles. The molecular weight excluding hydrogens is 124 g/mol. The van der Waals surface area contributed by atoms with Crippen molar-refractivity contribution in [3.8, 4) is 0 Å². The Morgan fingerprint density at radius 1 is 1.20 bits per heavy atom. The highest BCUT2D eigenvalue weighted by molar-refractivity contribution is 4.79. The number of hydrogen-bond acceptors (Lipinski definition) is 1. The minimum absolute atomic E-state index is 0.131. The van der Waals surface area contributed by atoms with E-state index in [0.717, 1.165) is 18.4 Å². The van der Waals surface area contributed by atoms with Gasteiger partial charge in [-0.3, -0.25) is 0 Å². The lowest BCUT2D eigenvalue weighted by molar-refractivity contribution is -0.0944. The van der Waals surface area contributed by atoms with Crippen molar-refractivity contribution >= 4 is 0 Å². The van der Waals surface area contributed by atoms with Gasteiger partial charge in [0.25, 0.3) is 0 Å². The number of ether oxygens (including phenoxy) is 1. The molecule has 10 heavy (non-hydrogen) atoms. The molecule has 60 valence electrons. The predicted octanol–water partition coefficient (Wildman–Crippen LogP) is 2.46. The van der Waals surface area contributed by atoms with Gasteiger partial charge in [0.15, 0.2) is 0 Å². The largest absolute Gasteiger partial charge is 0.375 e. The maximum atomic E-state index is 5.65. The minimum atomic E-state index is 0.131. The molecular formula is C9H18O. The highest BCUT2D eigenvalue weighted by atomic mass is 16.5. The second-order valence-electron chi connectivity index (χ2n) is 4.23. The standard InChI is InChI=1S/C9H18O/c1-7-5-9(3,4)10-6-8(7)2/h7-8H,5-6H2,1-4H3. The van der Waals surface area contributed by atoms with Crippen LogP contribution in [0.1, 0.15) is 34.1 Å². The molecule has 0 bridgehead atoms. The van der Waals surface area contributed by atoms with Crippen LogP contribution < -0.4 is 0 Å². The molecule has 0 amide bonds. The molecule has 0 aromatic carbocycles.